The molecule has 0 N–H and O–H groups in total. The van der Waals surface area contributed by atoms with Gasteiger partial charge >= 0.3 is 5.97 Å². The normalized spacial score (nSPS) is 28.8. The van der Waals surface area contributed by atoms with Gasteiger partial charge in [-0.05, 0) is 50.4 Å². The molecule has 2 aliphatic carbocycles. The van der Waals surface area contributed by atoms with E-state index in [0.29, 0.717) is 12.5 Å². The van der Waals surface area contributed by atoms with Crippen molar-refractivity contribution in [3.63, 3.8) is 0 Å². The Morgan fingerprint density at radius 2 is 2.11 bits per heavy atom. The highest BCUT2D eigenvalue weighted by Gasteiger charge is 2.50. The molecule has 3 atom stereocenters. The van der Waals surface area contributed by atoms with Crippen LogP contribution in [0.15, 0.2) is 0 Å². The lowest BCUT2D eigenvalue weighted by Gasteiger charge is -2.09. The summed E-state index contributed by atoms with van der Waals surface area (Å²) in [5.74, 6) is 1.87. The van der Waals surface area contributed by atoms with Gasteiger partial charge in [0.1, 0.15) is 0 Å². The summed E-state index contributed by atoms with van der Waals surface area (Å²) in [5.41, 5.74) is 2.50. The number of ether oxygens (including phenoxy) is 1. The van der Waals surface area contributed by atoms with Crippen molar-refractivity contribution in [3.05, 3.63) is 11.4 Å². The molecule has 0 amide bonds. The minimum absolute atomic E-state index is 0.161. The zero-order chi connectivity index (χ0) is 13.4. The number of hydrogen-bond donors (Lipinski definition) is 0. The van der Waals surface area contributed by atoms with E-state index in [1.54, 1.807) is 0 Å². The molecule has 2 aliphatic rings. The standard InChI is InChI=1S/C14H21N3O2/c1-3-17-14-7-5-11-10(4-6-13(14)15-16-17)12(11)8-19-9(2)18/h10-12H,3-8H2,1-2H3. The van der Waals surface area contributed by atoms with Gasteiger partial charge in [0.25, 0.3) is 0 Å². The Balaban J connectivity index is 1.64. The monoisotopic (exact) mass is 263 g/mol. The second kappa shape index (κ2) is 4.94. The summed E-state index contributed by atoms with van der Waals surface area (Å²) in [7, 11) is 0. The van der Waals surface area contributed by atoms with Crippen LogP contribution >= 0.6 is 0 Å². The average molecular weight is 263 g/mol. The van der Waals surface area contributed by atoms with Gasteiger partial charge < -0.3 is 4.74 Å². The maximum absolute atomic E-state index is 10.9. The molecule has 3 rings (SSSR count). The first kappa shape index (κ1) is 12.6. The Morgan fingerprint density at radius 3 is 2.79 bits per heavy atom. The fraction of sp³-hybridized carbons (Fsp3) is 0.786. The minimum Gasteiger partial charge on any atom is -0.466 e. The van der Waals surface area contributed by atoms with Gasteiger partial charge in [-0.3, -0.25) is 4.79 Å². The van der Waals surface area contributed by atoms with Gasteiger partial charge in [0.2, 0.25) is 0 Å². The third kappa shape index (κ3) is 2.38. The highest BCUT2D eigenvalue weighted by molar-refractivity contribution is 5.65. The lowest BCUT2D eigenvalue weighted by atomic mass is 10.0. The zero-order valence-electron chi connectivity index (χ0n) is 11.6. The molecule has 0 saturated heterocycles. The van der Waals surface area contributed by atoms with E-state index in [4.69, 9.17) is 4.74 Å². The quantitative estimate of drug-likeness (QED) is 0.777. The molecule has 1 heterocycles. The van der Waals surface area contributed by atoms with Crippen LogP contribution in [-0.4, -0.2) is 27.6 Å². The molecule has 0 aliphatic heterocycles. The van der Waals surface area contributed by atoms with E-state index >= 15 is 0 Å². The van der Waals surface area contributed by atoms with Gasteiger partial charge in [0, 0.05) is 13.5 Å². The molecule has 1 aromatic heterocycles. The first-order valence-electron chi connectivity index (χ1n) is 7.25. The Hall–Kier alpha value is -1.39. The Labute approximate surface area is 113 Å². The topological polar surface area (TPSA) is 57.0 Å². The van der Waals surface area contributed by atoms with Gasteiger partial charge in [-0.2, -0.15) is 0 Å². The lowest BCUT2D eigenvalue weighted by Crippen LogP contribution is -2.07. The van der Waals surface area contributed by atoms with Crippen molar-refractivity contribution in [2.24, 2.45) is 17.8 Å². The molecule has 1 aromatic rings. The third-order valence-corrected chi connectivity index (χ3v) is 4.63. The van der Waals surface area contributed by atoms with Crippen LogP contribution in [0.25, 0.3) is 0 Å². The van der Waals surface area contributed by atoms with Crippen LogP contribution in [0, 0.1) is 17.8 Å². The number of aryl methyl sites for hydroxylation is 2. The van der Waals surface area contributed by atoms with Crippen LogP contribution in [-0.2, 0) is 28.9 Å². The second-order valence-corrected chi connectivity index (χ2v) is 5.67. The summed E-state index contributed by atoms with van der Waals surface area (Å²) < 4.78 is 7.20. The van der Waals surface area contributed by atoms with Crippen LogP contribution in [0.1, 0.15) is 38.1 Å². The van der Waals surface area contributed by atoms with Gasteiger partial charge in [-0.25, -0.2) is 4.68 Å². The van der Waals surface area contributed by atoms with Crippen LogP contribution in [0.3, 0.4) is 0 Å². The summed E-state index contributed by atoms with van der Waals surface area (Å²) in [5, 5.41) is 8.52. The average Bonchev–Trinajstić information content (AvgIpc) is 2.87. The molecular weight excluding hydrogens is 242 g/mol. The summed E-state index contributed by atoms with van der Waals surface area (Å²) in [4.78, 5) is 10.9. The van der Waals surface area contributed by atoms with Crippen LogP contribution in [0.2, 0.25) is 0 Å². The number of carbonyl (C=O) groups is 1. The van der Waals surface area contributed by atoms with Crippen molar-refractivity contribution in [2.45, 2.75) is 46.1 Å². The highest BCUT2D eigenvalue weighted by Crippen LogP contribution is 2.52. The Bertz CT molecular complexity index is 483. The van der Waals surface area contributed by atoms with E-state index in [9.17, 15) is 4.79 Å². The molecule has 3 unspecified atom stereocenters. The third-order valence-electron chi connectivity index (χ3n) is 4.63. The zero-order valence-corrected chi connectivity index (χ0v) is 11.6. The van der Waals surface area contributed by atoms with E-state index in [1.807, 2.05) is 4.68 Å². The van der Waals surface area contributed by atoms with Crippen LogP contribution in [0.4, 0.5) is 0 Å². The van der Waals surface area contributed by atoms with E-state index < -0.39 is 0 Å². The molecule has 0 radical (unpaired) electrons. The number of esters is 1. The molecule has 0 spiro atoms. The molecular formula is C14H21N3O2. The first-order valence-corrected chi connectivity index (χ1v) is 7.25. The minimum atomic E-state index is -0.161. The van der Waals surface area contributed by atoms with Crippen molar-refractivity contribution in [3.8, 4) is 0 Å². The van der Waals surface area contributed by atoms with Gasteiger partial charge in [0.05, 0.1) is 18.0 Å². The molecule has 1 fully saturated rings. The maximum atomic E-state index is 10.9. The Morgan fingerprint density at radius 1 is 1.37 bits per heavy atom. The molecule has 5 nitrogen and oxygen atoms in total. The number of aromatic nitrogens is 3. The summed E-state index contributed by atoms with van der Waals surface area (Å²) in [6, 6.07) is 0. The van der Waals surface area contributed by atoms with Gasteiger partial charge in [0.15, 0.2) is 0 Å². The van der Waals surface area contributed by atoms with Crippen molar-refractivity contribution in [1.82, 2.24) is 15.0 Å². The fourth-order valence-corrected chi connectivity index (χ4v) is 3.54. The summed E-state index contributed by atoms with van der Waals surface area (Å²) in [6.45, 7) is 5.10. The SMILES string of the molecule is CCn1nnc2c1CCC1C(CC2)C1COC(C)=O. The van der Waals surface area contributed by atoms with Crippen molar-refractivity contribution in [1.29, 1.82) is 0 Å². The number of rotatable bonds is 3. The molecule has 5 heteroatoms. The van der Waals surface area contributed by atoms with Crippen LogP contribution in [0.5, 0.6) is 0 Å². The van der Waals surface area contributed by atoms with Gasteiger partial charge in [-0.15, -0.1) is 5.10 Å². The molecule has 0 bridgehead atoms. The number of carbonyl (C=O) groups excluding carboxylic acids is 1. The van der Waals surface area contributed by atoms with Crippen molar-refractivity contribution < 1.29 is 9.53 Å². The maximum Gasteiger partial charge on any atom is 0.302 e. The van der Waals surface area contributed by atoms with Crippen molar-refractivity contribution >= 4 is 5.97 Å². The van der Waals surface area contributed by atoms with E-state index in [1.165, 1.54) is 24.7 Å². The predicted molar refractivity (Wildman–Crippen MR) is 69.4 cm³/mol. The van der Waals surface area contributed by atoms with Crippen LogP contribution < -0.4 is 0 Å². The number of nitrogens with zero attached hydrogens (tertiary/aromatic N) is 3. The highest BCUT2D eigenvalue weighted by atomic mass is 16.5. The Kier molecular flexibility index (Phi) is 3.29. The van der Waals surface area contributed by atoms with E-state index in [2.05, 4.69) is 17.2 Å². The summed E-state index contributed by atoms with van der Waals surface area (Å²) >= 11 is 0. The second-order valence-electron chi connectivity index (χ2n) is 5.67. The molecule has 0 aromatic carbocycles. The predicted octanol–water partition coefficient (Wildman–Crippen LogP) is 1.60. The van der Waals surface area contributed by atoms with E-state index in [0.717, 1.165) is 37.6 Å². The molecule has 104 valence electrons. The number of hydrogen-bond acceptors (Lipinski definition) is 4. The van der Waals surface area contributed by atoms with Gasteiger partial charge in [-0.1, -0.05) is 5.21 Å². The molecule has 19 heavy (non-hydrogen) atoms. The van der Waals surface area contributed by atoms with Crippen molar-refractivity contribution in [2.75, 3.05) is 6.61 Å². The smallest absolute Gasteiger partial charge is 0.302 e. The van der Waals surface area contributed by atoms with E-state index in [-0.39, 0.29) is 5.97 Å². The first-order chi connectivity index (χ1) is 9.20. The lowest BCUT2D eigenvalue weighted by molar-refractivity contribution is -0.141. The fourth-order valence-electron chi connectivity index (χ4n) is 3.54. The number of fused-ring (bicyclic) bond motifs is 2. The molecule has 1 saturated carbocycles. The largest absolute Gasteiger partial charge is 0.466 e. The summed E-state index contributed by atoms with van der Waals surface area (Å²) in [6.07, 6.45) is 4.42.